The van der Waals surface area contributed by atoms with E-state index >= 15 is 0 Å². The molecule has 4 nitrogen and oxygen atoms in total. The van der Waals surface area contributed by atoms with Crippen molar-refractivity contribution in [3.05, 3.63) is 228 Å². The third-order valence-corrected chi connectivity index (χ3v) is 14.7. The van der Waals surface area contributed by atoms with Gasteiger partial charge in [0.15, 0.2) is 0 Å². The Bertz CT molecular complexity index is 3620. The van der Waals surface area contributed by atoms with Crippen molar-refractivity contribution in [2.24, 2.45) is 0 Å². The normalized spacial score (nSPS) is 12.4. The molecular weight excluding hydrogens is 887 g/mol. The highest BCUT2D eigenvalue weighted by atomic mass is 16.3. The Hall–Kier alpha value is -7.82. The lowest BCUT2D eigenvalue weighted by molar-refractivity contribution is 0.446. The van der Waals surface area contributed by atoms with Crippen molar-refractivity contribution in [2.75, 3.05) is 0 Å². The van der Waals surface area contributed by atoms with Crippen molar-refractivity contribution >= 4 is 11.0 Å². The summed E-state index contributed by atoms with van der Waals surface area (Å²) in [4.78, 5) is 10.8. The van der Waals surface area contributed by atoms with Crippen LogP contribution in [0.3, 0.4) is 0 Å². The molecule has 0 saturated carbocycles. The standard InChI is InChI=1S/C69H67N3O/c1-66(2,3)54-34-35-61(57(42-54)47-24-17-13-18-25-47)72-62-29-21-28-56(63(62)71-65(72)58-43-55(67(4,5)6)44-59(64(58)73)68(7,8)9)50-38-49(45-22-15-12-16-23-45)39-51(40-50)60-41-48(36-37-70-60)46-30-32-53(33-31-46)69(10,11)52-26-19-14-20-27-52/h12-44,73H,1-11H3. The molecule has 0 aliphatic heterocycles. The topological polar surface area (TPSA) is 50.9 Å². The van der Waals surface area contributed by atoms with E-state index in [4.69, 9.17) is 9.97 Å². The number of phenolic OH excluding ortho intramolecular Hbond substituents is 1. The first-order valence-corrected chi connectivity index (χ1v) is 25.7. The number of aromatic hydroxyl groups is 1. The number of hydrogen-bond acceptors (Lipinski definition) is 3. The molecular formula is C69H67N3O. The number of pyridine rings is 1. The zero-order valence-corrected chi connectivity index (χ0v) is 44.3. The molecule has 73 heavy (non-hydrogen) atoms. The molecule has 4 heteroatoms. The van der Waals surface area contributed by atoms with Crippen LogP contribution in [0.25, 0.3) is 83.9 Å². The number of hydrogen-bond donors (Lipinski definition) is 1. The van der Waals surface area contributed by atoms with Gasteiger partial charge in [0.25, 0.3) is 0 Å². The van der Waals surface area contributed by atoms with Gasteiger partial charge in [0, 0.05) is 33.9 Å². The van der Waals surface area contributed by atoms with Crippen molar-refractivity contribution in [3.63, 3.8) is 0 Å². The summed E-state index contributed by atoms with van der Waals surface area (Å²) in [5, 5.41) is 12.7. The number of para-hydroxylation sites is 1. The molecule has 0 aliphatic rings. The third-order valence-electron chi connectivity index (χ3n) is 14.7. The van der Waals surface area contributed by atoms with Gasteiger partial charge < -0.3 is 5.11 Å². The molecule has 0 atom stereocenters. The maximum Gasteiger partial charge on any atom is 0.149 e. The van der Waals surface area contributed by atoms with Crippen molar-refractivity contribution in [3.8, 4) is 78.6 Å². The highest BCUT2D eigenvalue weighted by Gasteiger charge is 2.30. The van der Waals surface area contributed by atoms with Crippen LogP contribution in [0.4, 0.5) is 0 Å². The smallest absolute Gasteiger partial charge is 0.149 e. The maximum absolute atomic E-state index is 12.7. The predicted octanol–water partition coefficient (Wildman–Crippen LogP) is 18.3. The zero-order chi connectivity index (χ0) is 51.5. The van der Waals surface area contributed by atoms with Gasteiger partial charge in [-0.25, -0.2) is 4.98 Å². The Labute approximate surface area is 433 Å². The van der Waals surface area contributed by atoms with Crippen LogP contribution in [0, 0.1) is 0 Å². The lowest BCUT2D eigenvalue weighted by Gasteiger charge is -2.28. The van der Waals surface area contributed by atoms with Crippen LogP contribution in [0.15, 0.2) is 200 Å². The Morgan fingerprint density at radius 2 is 0.945 bits per heavy atom. The van der Waals surface area contributed by atoms with Crippen molar-refractivity contribution in [1.82, 2.24) is 14.5 Å². The highest BCUT2D eigenvalue weighted by Crippen LogP contribution is 2.46. The largest absolute Gasteiger partial charge is 0.507 e. The fourth-order valence-electron chi connectivity index (χ4n) is 10.2. The number of aromatic nitrogens is 3. The van der Waals surface area contributed by atoms with Crippen LogP contribution in [0.5, 0.6) is 5.75 Å². The summed E-state index contributed by atoms with van der Waals surface area (Å²) >= 11 is 0. The van der Waals surface area contributed by atoms with Crippen LogP contribution in [-0.4, -0.2) is 19.6 Å². The molecule has 2 heterocycles. The second-order valence-corrected chi connectivity index (χ2v) is 23.4. The van der Waals surface area contributed by atoms with E-state index in [1.54, 1.807) is 0 Å². The summed E-state index contributed by atoms with van der Waals surface area (Å²) in [7, 11) is 0. The first kappa shape index (κ1) is 48.8. The van der Waals surface area contributed by atoms with Gasteiger partial charge in [-0.3, -0.25) is 9.55 Å². The van der Waals surface area contributed by atoms with Gasteiger partial charge in [0.2, 0.25) is 0 Å². The van der Waals surface area contributed by atoms with E-state index in [0.29, 0.717) is 11.4 Å². The summed E-state index contributed by atoms with van der Waals surface area (Å²) in [5.74, 6) is 0.935. The molecule has 1 N–H and O–H groups in total. The summed E-state index contributed by atoms with van der Waals surface area (Å²) in [6, 6.07) is 69.8. The summed E-state index contributed by atoms with van der Waals surface area (Å²) < 4.78 is 2.29. The van der Waals surface area contributed by atoms with Crippen molar-refractivity contribution < 1.29 is 5.11 Å². The summed E-state index contributed by atoms with van der Waals surface area (Å²) in [5.41, 5.74) is 19.1. The van der Waals surface area contributed by atoms with Gasteiger partial charge in [0.1, 0.15) is 11.6 Å². The van der Waals surface area contributed by atoms with Crippen molar-refractivity contribution in [2.45, 2.75) is 97.8 Å². The number of imidazole rings is 1. The Balaban J connectivity index is 1.20. The van der Waals surface area contributed by atoms with Crippen LogP contribution < -0.4 is 0 Å². The molecule has 0 unspecified atom stereocenters. The molecule has 8 aromatic carbocycles. The summed E-state index contributed by atoms with van der Waals surface area (Å²) in [6.07, 6.45) is 1.93. The molecule has 2 aromatic heterocycles. The van der Waals surface area contributed by atoms with Crippen LogP contribution in [0.1, 0.15) is 104 Å². The average Bonchev–Trinajstić information content (AvgIpc) is 3.78. The molecule has 364 valence electrons. The minimum absolute atomic E-state index is 0.0871. The zero-order valence-electron chi connectivity index (χ0n) is 44.3. The maximum atomic E-state index is 12.7. The SMILES string of the molecule is CC(C)(C)c1ccc(-n2c(-c3cc(C(C)(C)C)cc(C(C)(C)C)c3O)nc3c(-c4cc(-c5ccccc5)cc(-c5cc(-c6ccc(C(C)(C)c7ccccc7)cc6)ccn5)c4)cccc32)c(-c2ccccc2)c1. The Morgan fingerprint density at radius 3 is 1.59 bits per heavy atom. The number of benzene rings is 8. The Kier molecular flexibility index (Phi) is 12.5. The summed E-state index contributed by atoms with van der Waals surface area (Å²) in [6.45, 7) is 24.6. The number of nitrogens with zero attached hydrogens (tertiary/aromatic N) is 3. The average molecular weight is 954 g/mol. The van der Waals surface area contributed by atoms with Gasteiger partial charge >= 0.3 is 0 Å². The van der Waals surface area contributed by atoms with E-state index in [-0.39, 0.29) is 27.4 Å². The molecule has 0 fully saturated rings. The van der Waals surface area contributed by atoms with E-state index in [1.165, 1.54) is 16.7 Å². The minimum atomic E-state index is -0.339. The fraction of sp³-hybridized carbons (Fsp3) is 0.217. The number of phenols is 1. The second kappa shape index (κ2) is 18.7. The second-order valence-electron chi connectivity index (χ2n) is 23.4. The minimum Gasteiger partial charge on any atom is -0.507 e. The number of fused-ring (bicyclic) bond motifs is 1. The molecule has 10 rings (SSSR count). The quantitative estimate of drug-likeness (QED) is 0.157. The van der Waals surface area contributed by atoms with Crippen LogP contribution in [0.2, 0.25) is 0 Å². The van der Waals surface area contributed by atoms with Crippen molar-refractivity contribution in [1.29, 1.82) is 0 Å². The fourth-order valence-corrected chi connectivity index (χ4v) is 10.2. The van der Waals surface area contributed by atoms with E-state index < -0.39 is 0 Å². The van der Waals surface area contributed by atoms with E-state index in [2.05, 4.69) is 275 Å². The van der Waals surface area contributed by atoms with E-state index in [0.717, 1.165) is 83.6 Å². The van der Waals surface area contributed by atoms with Crippen LogP contribution in [-0.2, 0) is 21.7 Å². The predicted molar refractivity (Wildman–Crippen MR) is 308 cm³/mol. The molecule has 0 bridgehead atoms. The molecule has 0 aliphatic carbocycles. The monoisotopic (exact) mass is 954 g/mol. The van der Waals surface area contributed by atoms with Gasteiger partial charge in [-0.2, -0.15) is 0 Å². The van der Waals surface area contributed by atoms with Gasteiger partial charge in [0.05, 0.1) is 28.0 Å². The molecule has 0 saturated heterocycles. The van der Waals surface area contributed by atoms with Gasteiger partial charge in [-0.05, 0) is 126 Å². The van der Waals surface area contributed by atoms with Crippen LogP contribution >= 0.6 is 0 Å². The molecule has 10 aromatic rings. The first-order chi connectivity index (χ1) is 34.8. The van der Waals surface area contributed by atoms with Gasteiger partial charge in [-0.1, -0.05) is 216 Å². The molecule has 0 radical (unpaired) electrons. The first-order valence-electron chi connectivity index (χ1n) is 25.7. The molecule has 0 amide bonds. The third kappa shape index (κ3) is 9.55. The van der Waals surface area contributed by atoms with E-state index in [9.17, 15) is 5.11 Å². The van der Waals surface area contributed by atoms with Gasteiger partial charge in [-0.15, -0.1) is 0 Å². The highest BCUT2D eigenvalue weighted by molar-refractivity contribution is 5.98. The Morgan fingerprint density at radius 1 is 0.384 bits per heavy atom. The molecule has 0 spiro atoms. The lowest BCUT2D eigenvalue weighted by atomic mass is 9.78. The number of rotatable bonds is 9. The van der Waals surface area contributed by atoms with E-state index in [1.807, 2.05) is 6.20 Å². The lowest BCUT2D eigenvalue weighted by Crippen LogP contribution is -2.18.